The average molecular weight is 561 g/mol. The minimum Gasteiger partial charge on any atom is -0.475 e. The molecule has 0 bridgehead atoms. The van der Waals surface area contributed by atoms with Crippen molar-refractivity contribution in [2.75, 3.05) is 47.0 Å². The van der Waals surface area contributed by atoms with Crippen LogP contribution in [0.4, 0.5) is 26.3 Å². The number of hydrogen-bond acceptors (Lipinski definition) is 7. The zero-order valence-corrected chi connectivity index (χ0v) is 20.8. The van der Waals surface area contributed by atoms with Gasteiger partial charge in [0.1, 0.15) is 5.69 Å². The number of amides is 1. The molecule has 10 nitrogen and oxygen atoms in total. The second kappa shape index (κ2) is 14.2. The summed E-state index contributed by atoms with van der Waals surface area (Å²) in [7, 11) is 3.50. The topological polar surface area (TPSA) is 130 Å². The molecule has 0 saturated carbocycles. The molecule has 1 amide bonds. The van der Waals surface area contributed by atoms with Crippen molar-refractivity contribution in [3.05, 3.63) is 29.6 Å². The molecule has 0 unspecified atom stereocenters. The summed E-state index contributed by atoms with van der Waals surface area (Å²) in [6.07, 6.45) is -7.36. The van der Waals surface area contributed by atoms with Crippen LogP contribution in [0.25, 0.3) is 0 Å². The molecule has 1 aromatic heterocycles. The summed E-state index contributed by atoms with van der Waals surface area (Å²) in [5, 5.41) is 14.2. The Labute approximate surface area is 214 Å². The van der Waals surface area contributed by atoms with E-state index in [0.717, 1.165) is 38.2 Å². The number of aromatic nitrogens is 1. The fourth-order valence-electron chi connectivity index (χ4n) is 3.98. The number of ether oxygens (including phenoxy) is 2. The quantitative estimate of drug-likeness (QED) is 0.521. The number of likely N-dealkylation sites (tertiary alicyclic amines) is 2. The number of halogens is 6. The molecule has 1 aromatic rings. The van der Waals surface area contributed by atoms with E-state index in [1.54, 1.807) is 20.4 Å². The zero-order valence-electron chi connectivity index (χ0n) is 20.8. The highest BCUT2D eigenvalue weighted by atomic mass is 19.4. The molecule has 3 atom stereocenters. The lowest BCUT2D eigenvalue weighted by atomic mass is 9.88. The predicted molar refractivity (Wildman–Crippen MR) is 118 cm³/mol. The van der Waals surface area contributed by atoms with Crippen LogP contribution in [-0.2, 0) is 19.1 Å². The molecule has 0 aromatic carbocycles. The number of carbonyl (C=O) groups is 3. The van der Waals surface area contributed by atoms with Gasteiger partial charge >= 0.3 is 24.3 Å². The van der Waals surface area contributed by atoms with E-state index in [1.165, 1.54) is 0 Å². The number of alkyl halides is 6. The van der Waals surface area contributed by atoms with E-state index in [2.05, 4.69) is 9.88 Å². The third kappa shape index (κ3) is 10.1. The van der Waals surface area contributed by atoms with Gasteiger partial charge in [-0.25, -0.2) is 9.59 Å². The van der Waals surface area contributed by atoms with Crippen molar-refractivity contribution >= 4 is 17.8 Å². The zero-order chi connectivity index (χ0) is 29.3. The Balaban J connectivity index is 0.000000426. The van der Waals surface area contributed by atoms with Crippen LogP contribution in [0, 0.1) is 12.8 Å². The first-order valence-electron chi connectivity index (χ1n) is 11.1. The molecule has 2 aliphatic rings. The van der Waals surface area contributed by atoms with Crippen LogP contribution in [0.5, 0.6) is 0 Å². The molecule has 2 N–H and O–H groups in total. The van der Waals surface area contributed by atoms with Crippen molar-refractivity contribution in [1.82, 2.24) is 14.8 Å². The molecule has 0 aliphatic carbocycles. The number of rotatable bonds is 5. The standard InChI is InChI=1S/C18H27N3O3.2C2HF3O2/c1-13-4-6-19-15(10-13)18(22)21-7-5-17(24-3)14-11-20(8-9-23-2)12-16(14)21;2*3-2(4,5)1(6)7/h4,6,10,14,16-17H,5,7-9,11-12H2,1-3H3;2*(H,6,7)/t14-,16+,17-;;/m0../s1. The summed E-state index contributed by atoms with van der Waals surface area (Å²) in [5.41, 5.74) is 1.60. The minimum absolute atomic E-state index is 0.0387. The monoisotopic (exact) mass is 561 g/mol. The van der Waals surface area contributed by atoms with Crippen molar-refractivity contribution in [1.29, 1.82) is 0 Å². The lowest BCUT2D eigenvalue weighted by Gasteiger charge is -2.41. The summed E-state index contributed by atoms with van der Waals surface area (Å²) in [6, 6.07) is 3.98. The summed E-state index contributed by atoms with van der Waals surface area (Å²) in [6.45, 7) is 6.16. The Morgan fingerprint density at radius 1 is 1.05 bits per heavy atom. The number of aliphatic carboxylic acids is 2. The normalized spacial score (nSPS) is 21.4. The first-order chi connectivity index (χ1) is 17.5. The molecule has 2 saturated heterocycles. The van der Waals surface area contributed by atoms with Crippen LogP contribution in [0.3, 0.4) is 0 Å². The first-order valence-corrected chi connectivity index (χ1v) is 11.1. The number of methoxy groups -OCH3 is 2. The molecule has 2 aliphatic heterocycles. The highest BCUT2D eigenvalue weighted by molar-refractivity contribution is 5.92. The predicted octanol–water partition coefficient (Wildman–Crippen LogP) is 2.46. The summed E-state index contributed by atoms with van der Waals surface area (Å²) in [5.74, 6) is -5.12. The third-order valence-corrected chi connectivity index (χ3v) is 5.74. The lowest BCUT2D eigenvalue weighted by Crippen LogP contribution is -2.53. The average Bonchev–Trinajstić information content (AvgIpc) is 3.25. The SMILES string of the molecule is COCCN1C[C@@H]2[C@@H](OC)CCN(C(=O)c3cc(C)ccn3)[C@@H]2C1.O=C(O)C(F)(F)F.O=C(O)C(F)(F)F. The summed E-state index contributed by atoms with van der Waals surface area (Å²) in [4.78, 5) is 39.4. The fourth-order valence-corrected chi connectivity index (χ4v) is 3.98. The maximum absolute atomic E-state index is 13.0. The van der Waals surface area contributed by atoms with Crippen LogP contribution in [0.2, 0.25) is 0 Å². The Bertz CT molecular complexity index is 921. The molecule has 3 rings (SSSR count). The van der Waals surface area contributed by atoms with Gasteiger partial charge in [0.2, 0.25) is 0 Å². The molecule has 16 heteroatoms. The molecule has 0 radical (unpaired) electrons. The van der Waals surface area contributed by atoms with Gasteiger partial charge < -0.3 is 24.6 Å². The lowest BCUT2D eigenvalue weighted by molar-refractivity contribution is -0.193. The van der Waals surface area contributed by atoms with E-state index in [0.29, 0.717) is 18.2 Å². The van der Waals surface area contributed by atoms with Crippen molar-refractivity contribution in [3.63, 3.8) is 0 Å². The van der Waals surface area contributed by atoms with Gasteiger partial charge in [-0.15, -0.1) is 0 Å². The number of carboxylic acid groups (broad SMARTS) is 2. The van der Waals surface area contributed by atoms with E-state index < -0.39 is 24.3 Å². The van der Waals surface area contributed by atoms with Gasteiger partial charge in [-0.05, 0) is 31.0 Å². The van der Waals surface area contributed by atoms with Gasteiger partial charge in [0, 0.05) is 52.5 Å². The van der Waals surface area contributed by atoms with Crippen LogP contribution >= 0.6 is 0 Å². The maximum Gasteiger partial charge on any atom is 0.490 e. The second-order valence-corrected chi connectivity index (χ2v) is 8.37. The third-order valence-electron chi connectivity index (χ3n) is 5.74. The van der Waals surface area contributed by atoms with E-state index in [-0.39, 0.29) is 18.1 Å². The summed E-state index contributed by atoms with van der Waals surface area (Å²) >= 11 is 0. The molecule has 0 spiro atoms. The van der Waals surface area contributed by atoms with Crippen molar-refractivity contribution in [3.8, 4) is 0 Å². The number of pyridine rings is 1. The Morgan fingerprint density at radius 3 is 2.05 bits per heavy atom. The number of hydrogen-bond donors (Lipinski definition) is 2. The van der Waals surface area contributed by atoms with Gasteiger partial charge in [0.15, 0.2) is 0 Å². The van der Waals surface area contributed by atoms with E-state index >= 15 is 0 Å². The van der Waals surface area contributed by atoms with E-state index in [9.17, 15) is 31.1 Å². The first kappa shape index (κ1) is 33.0. The highest BCUT2D eigenvalue weighted by Gasteiger charge is 2.46. The summed E-state index contributed by atoms with van der Waals surface area (Å²) < 4.78 is 74.4. The van der Waals surface area contributed by atoms with Crippen LogP contribution < -0.4 is 0 Å². The van der Waals surface area contributed by atoms with Gasteiger partial charge in [0.05, 0.1) is 18.8 Å². The Kier molecular flexibility index (Phi) is 12.4. The van der Waals surface area contributed by atoms with Gasteiger partial charge in [-0.2, -0.15) is 26.3 Å². The number of piperidine rings is 1. The van der Waals surface area contributed by atoms with Gasteiger partial charge in [0.25, 0.3) is 5.91 Å². The highest BCUT2D eigenvalue weighted by Crippen LogP contribution is 2.33. The van der Waals surface area contributed by atoms with Crippen molar-refractivity contribution in [2.45, 2.75) is 37.8 Å². The van der Waals surface area contributed by atoms with Crippen LogP contribution in [-0.4, -0.2) is 114 Å². The van der Waals surface area contributed by atoms with E-state index in [4.69, 9.17) is 29.3 Å². The number of fused-ring (bicyclic) bond motifs is 1. The molecule has 3 heterocycles. The minimum atomic E-state index is -5.08. The molecular formula is C22H29F6N3O7. The van der Waals surface area contributed by atoms with Gasteiger partial charge in [-0.3, -0.25) is 14.7 Å². The molecular weight excluding hydrogens is 532 g/mol. The Hall–Kier alpha value is -2.98. The van der Waals surface area contributed by atoms with E-state index in [1.807, 2.05) is 24.0 Å². The largest absolute Gasteiger partial charge is 0.490 e. The van der Waals surface area contributed by atoms with Crippen LogP contribution in [0.1, 0.15) is 22.5 Å². The second-order valence-electron chi connectivity index (χ2n) is 8.37. The number of nitrogens with zero attached hydrogens (tertiary/aromatic N) is 3. The van der Waals surface area contributed by atoms with Crippen LogP contribution in [0.15, 0.2) is 18.3 Å². The fraction of sp³-hybridized carbons (Fsp3) is 0.636. The number of carboxylic acids is 2. The van der Waals surface area contributed by atoms with Crippen molar-refractivity contribution in [2.24, 2.45) is 5.92 Å². The molecule has 38 heavy (non-hydrogen) atoms. The van der Waals surface area contributed by atoms with Crippen molar-refractivity contribution < 1.29 is 60.4 Å². The number of aryl methyl sites for hydroxylation is 1. The van der Waals surface area contributed by atoms with Gasteiger partial charge in [-0.1, -0.05) is 0 Å². The maximum atomic E-state index is 13.0. The smallest absolute Gasteiger partial charge is 0.475 e. The molecule has 2 fully saturated rings. The number of carbonyl (C=O) groups excluding carboxylic acids is 1. The molecule has 216 valence electrons. The Morgan fingerprint density at radius 2 is 1.61 bits per heavy atom.